The Balaban J connectivity index is 1.69. The first-order valence-electron chi connectivity index (χ1n) is 25.4. The highest BCUT2D eigenvalue weighted by molar-refractivity contribution is 5.76. The highest BCUT2D eigenvalue weighted by atomic mass is 16.7. The summed E-state index contributed by atoms with van der Waals surface area (Å²) < 4.78 is 22.6. The van der Waals surface area contributed by atoms with Gasteiger partial charge in [-0.15, -0.1) is 0 Å². The van der Waals surface area contributed by atoms with Crippen LogP contribution in [0.25, 0.3) is 0 Å². The fourth-order valence-corrected chi connectivity index (χ4v) is 8.53. The fourth-order valence-electron chi connectivity index (χ4n) is 8.53. The van der Waals surface area contributed by atoms with Crippen LogP contribution in [0.5, 0.6) is 0 Å². The van der Waals surface area contributed by atoms with E-state index in [0.29, 0.717) is 6.42 Å². The zero-order chi connectivity index (χ0) is 46.1. The molecule has 2 fully saturated rings. The molecular formula is C49H93NO13. The molecule has 0 aromatic heterocycles. The van der Waals surface area contributed by atoms with Gasteiger partial charge in [-0.1, -0.05) is 187 Å². The summed E-state index contributed by atoms with van der Waals surface area (Å²) in [6.07, 6.45) is 21.7. The summed E-state index contributed by atoms with van der Waals surface area (Å²) in [4.78, 5) is 13.1. The molecule has 0 radical (unpaired) electrons. The molecule has 63 heavy (non-hydrogen) atoms. The third-order valence-electron chi connectivity index (χ3n) is 12.7. The molecule has 372 valence electrons. The van der Waals surface area contributed by atoms with Crippen molar-refractivity contribution in [2.75, 3.05) is 19.8 Å². The van der Waals surface area contributed by atoms with Crippen LogP contribution in [0.3, 0.4) is 0 Å². The fraction of sp³-hybridized carbons (Fsp3) is 0.939. The Hall–Kier alpha value is -1.27. The predicted octanol–water partition coefficient (Wildman–Crippen LogP) is 6.38. The lowest BCUT2D eigenvalue weighted by Gasteiger charge is -2.46. The number of ether oxygens (including phenoxy) is 4. The minimum absolute atomic E-state index is 0.242. The van der Waals surface area contributed by atoms with Crippen molar-refractivity contribution in [3.8, 4) is 0 Å². The Bertz CT molecular complexity index is 1120. The van der Waals surface area contributed by atoms with Crippen LogP contribution in [0.2, 0.25) is 0 Å². The zero-order valence-electron chi connectivity index (χ0n) is 39.3. The van der Waals surface area contributed by atoms with Crippen LogP contribution >= 0.6 is 0 Å². The van der Waals surface area contributed by atoms with E-state index < -0.39 is 86.8 Å². The van der Waals surface area contributed by atoms with E-state index in [1.54, 1.807) is 6.08 Å². The highest BCUT2D eigenvalue weighted by Gasteiger charge is 2.51. The molecule has 9 N–H and O–H groups in total. The molecule has 12 atom stereocenters. The van der Waals surface area contributed by atoms with E-state index in [-0.39, 0.29) is 18.9 Å². The van der Waals surface area contributed by atoms with Crippen molar-refractivity contribution < 1.29 is 64.6 Å². The van der Waals surface area contributed by atoms with Gasteiger partial charge in [0, 0.05) is 6.42 Å². The van der Waals surface area contributed by atoms with Gasteiger partial charge in [-0.05, 0) is 19.3 Å². The maximum absolute atomic E-state index is 13.1. The van der Waals surface area contributed by atoms with E-state index >= 15 is 0 Å². The number of carbonyl (C=O) groups excluding carboxylic acids is 1. The molecule has 0 saturated carbocycles. The summed E-state index contributed by atoms with van der Waals surface area (Å²) in [5.74, 6) is -0.242. The molecule has 14 nitrogen and oxygen atoms in total. The number of nitrogens with one attached hydrogen (secondary N) is 1. The summed E-state index contributed by atoms with van der Waals surface area (Å²) in [7, 11) is 0. The monoisotopic (exact) mass is 904 g/mol. The van der Waals surface area contributed by atoms with Crippen molar-refractivity contribution in [1.29, 1.82) is 0 Å². The van der Waals surface area contributed by atoms with Crippen LogP contribution in [0.4, 0.5) is 0 Å². The van der Waals surface area contributed by atoms with Gasteiger partial charge in [-0.2, -0.15) is 0 Å². The van der Waals surface area contributed by atoms with Crippen molar-refractivity contribution in [2.45, 2.75) is 274 Å². The SMILES string of the molecule is CCCCCC/C=C/C(O)C(COC1OC(CO)C(OC2OC(CO)C(O)C(O)C2O)C(O)C1O)NC(=O)CCCCCCCCCCCCCCCCCCCCCCCCC. The first-order chi connectivity index (χ1) is 30.6. The van der Waals surface area contributed by atoms with Gasteiger partial charge < -0.3 is 65.1 Å². The molecule has 0 aromatic carbocycles. The van der Waals surface area contributed by atoms with Crippen molar-refractivity contribution in [1.82, 2.24) is 5.32 Å². The second-order valence-electron chi connectivity index (χ2n) is 18.3. The Morgan fingerprint density at radius 1 is 0.556 bits per heavy atom. The minimum Gasteiger partial charge on any atom is -0.394 e. The standard InChI is InChI=1S/C49H93NO13/c1-3-5-7-9-11-12-13-14-15-16-17-18-19-20-21-22-23-24-25-26-27-29-31-33-41(54)50-37(38(53)32-30-28-10-8-6-4-2)36-60-48-46(59)44(57)47(40(35-52)62-48)63-49-45(58)43(56)42(55)39(34-51)61-49/h30,32,37-40,42-49,51-53,55-59H,3-29,31,33-36H2,1-2H3,(H,50,54)/b32-30+. The van der Waals surface area contributed by atoms with Gasteiger partial charge in [-0.3, -0.25) is 4.79 Å². The summed E-state index contributed by atoms with van der Waals surface area (Å²) in [6, 6.07) is -0.905. The largest absolute Gasteiger partial charge is 0.394 e. The highest BCUT2D eigenvalue weighted by Crippen LogP contribution is 2.30. The van der Waals surface area contributed by atoms with Crippen LogP contribution in [0.15, 0.2) is 12.2 Å². The van der Waals surface area contributed by atoms with Gasteiger partial charge in [-0.25, -0.2) is 0 Å². The lowest BCUT2D eigenvalue weighted by molar-refractivity contribution is -0.359. The third kappa shape index (κ3) is 24.4. The molecular weight excluding hydrogens is 811 g/mol. The van der Waals surface area contributed by atoms with Crippen molar-refractivity contribution in [3.05, 3.63) is 12.2 Å². The summed E-state index contributed by atoms with van der Waals surface area (Å²) in [6.45, 7) is 2.70. The number of amides is 1. The molecule has 0 bridgehead atoms. The molecule has 0 spiro atoms. The molecule has 12 unspecified atom stereocenters. The predicted molar refractivity (Wildman–Crippen MR) is 245 cm³/mol. The van der Waals surface area contributed by atoms with E-state index in [1.807, 2.05) is 6.08 Å². The van der Waals surface area contributed by atoms with E-state index in [1.165, 1.54) is 122 Å². The third-order valence-corrected chi connectivity index (χ3v) is 12.7. The quantitative estimate of drug-likeness (QED) is 0.0241. The first kappa shape index (κ1) is 57.9. The topological polar surface area (TPSA) is 228 Å². The Kier molecular flexibility index (Phi) is 33.8. The van der Waals surface area contributed by atoms with Gasteiger partial charge in [0.1, 0.15) is 48.8 Å². The number of aliphatic hydroxyl groups excluding tert-OH is 8. The van der Waals surface area contributed by atoms with Crippen LogP contribution < -0.4 is 5.32 Å². The van der Waals surface area contributed by atoms with Gasteiger partial charge in [0.05, 0.1) is 32.0 Å². The molecule has 2 saturated heterocycles. The van der Waals surface area contributed by atoms with Gasteiger partial charge in [0.15, 0.2) is 12.6 Å². The van der Waals surface area contributed by atoms with Crippen molar-refractivity contribution >= 4 is 5.91 Å². The summed E-state index contributed by atoms with van der Waals surface area (Å²) in [5, 5.41) is 86.3. The lowest BCUT2D eigenvalue weighted by atomic mass is 9.97. The average Bonchev–Trinajstić information content (AvgIpc) is 3.28. The van der Waals surface area contributed by atoms with Gasteiger partial charge in [0.2, 0.25) is 5.91 Å². The van der Waals surface area contributed by atoms with E-state index in [4.69, 9.17) is 18.9 Å². The molecule has 2 rings (SSSR count). The smallest absolute Gasteiger partial charge is 0.220 e. The summed E-state index contributed by atoms with van der Waals surface area (Å²) >= 11 is 0. The first-order valence-corrected chi connectivity index (χ1v) is 25.4. The van der Waals surface area contributed by atoms with Crippen LogP contribution in [-0.4, -0.2) is 140 Å². The Labute approximate surface area is 380 Å². The Morgan fingerprint density at radius 2 is 0.984 bits per heavy atom. The van der Waals surface area contributed by atoms with Crippen molar-refractivity contribution in [3.63, 3.8) is 0 Å². The Morgan fingerprint density at radius 3 is 1.46 bits per heavy atom. The molecule has 2 aliphatic rings. The molecule has 2 heterocycles. The number of rotatable bonds is 39. The normalized spacial score (nSPS) is 27.5. The van der Waals surface area contributed by atoms with Crippen LogP contribution in [-0.2, 0) is 23.7 Å². The zero-order valence-corrected chi connectivity index (χ0v) is 39.3. The maximum Gasteiger partial charge on any atom is 0.220 e. The maximum atomic E-state index is 13.1. The van der Waals surface area contributed by atoms with E-state index in [9.17, 15) is 45.6 Å². The number of hydrogen-bond donors (Lipinski definition) is 9. The summed E-state index contributed by atoms with van der Waals surface area (Å²) in [5.41, 5.74) is 0. The number of aliphatic hydroxyl groups is 8. The lowest BCUT2D eigenvalue weighted by Crippen LogP contribution is -2.65. The van der Waals surface area contributed by atoms with Crippen LogP contribution in [0.1, 0.15) is 200 Å². The molecule has 2 aliphatic heterocycles. The molecule has 0 aromatic rings. The van der Waals surface area contributed by atoms with Crippen molar-refractivity contribution in [2.24, 2.45) is 0 Å². The number of allylic oxidation sites excluding steroid dienone is 1. The van der Waals surface area contributed by atoms with Crippen LogP contribution in [0, 0.1) is 0 Å². The number of unbranched alkanes of at least 4 members (excludes halogenated alkanes) is 26. The van der Waals surface area contributed by atoms with E-state index in [0.717, 1.165) is 51.4 Å². The van der Waals surface area contributed by atoms with Gasteiger partial charge in [0.25, 0.3) is 0 Å². The average molecular weight is 904 g/mol. The second kappa shape index (κ2) is 36.8. The molecule has 1 amide bonds. The van der Waals surface area contributed by atoms with Gasteiger partial charge >= 0.3 is 0 Å². The number of carbonyl (C=O) groups is 1. The minimum atomic E-state index is -1.78. The second-order valence-corrected chi connectivity index (χ2v) is 18.3. The number of hydrogen-bond acceptors (Lipinski definition) is 13. The molecule has 0 aliphatic carbocycles. The van der Waals surface area contributed by atoms with E-state index in [2.05, 4.69) is 19.2 Å². The molecule has 14 heteroatoms.